The molecule has 1 atom stereocenters. The number of ether oxygens (including phenoxy) is 1. The van der Waals surface area contributed by atoms with Crippen LogP contribution in [0, 0.1) is 5.92 Å². The highest BCUT2D eigenvalue weighted by Gasteiger charge is 2.24. The standard InChI is InChI=1S/C15H22N2O4/c1-5-21-12-8-6-11(7-9-12)14(18)16-13(10(2)3)15(19)17-20-4/h6-10,13H,5H2,1-4H3,(H,16,18)(H,17,19)/t13-/m1/s1. The van der Waals surface area contributed by atoms with E-state index in [9.17, 15) is 9.59 Å². The molecule has 0 aliphatic rings. The van der Waals surface area contributed by atoms with Crippen LogP contribution in [0.2, 0.25) is 0 Å². The zero-order valence-electron chi connectivity index (χ0n) is 12.8. The van der Waals surface area contributed by atoms with E-state index < -0.39 is 6.04 Å². The van der Waals surface area contributed by atoms with Gasteiger partial charge < -0.3 is 10.1 Å². The molecular weight excluding hydrogens is 272 g/mol. The van der Waals surface area contributed by atoms with Crippen LogP contribution in [0.5, 0.6) is 5.75 Å². The lowest BCUT2D eigenvalue weighted by Crippen LogP contribution is -2.49. The Kier molecular flexibility index (Phi) is 6.68. The van der Waals surface area contributed by atoms with Gasteiger partial charge in [-0.05, 0) is 37.1 Å². The first-order chi connectivity index (χ1) is 9.99. The largest absolute Gasteiger partial charge is 0.494 e. The van der Waals surface area contributed by atoms with Crippen molar-refractivity contribution in [3.63, 3.8) is 0 Å². The second-order valence-corrected chi connectivity index (χ2v) is 4.82. The third-order valence-corrected chi connectivity index (χ3v) is 2.87. The van der Waals surface area contributed by atoms with Crippen LogP contribution in [0.1, 0.15) is 31.1 Å². The van der Waals surface area contributed by atoms with E-state index in [1.807, 2.05) is 20.8 Å². The molecule has 0 saturated carbocycles. The molecule has 6 nitrogen and oxygen atoms in total. The first-order valence-electron chi connectivity index (χ1n) is 6.86. The van der Waals surface area contributed by atoms with Gasteiger partial charge in [-0.2, -0.15) is 0 Å². The summed E-state index contributed by atoms with van der Waals surface area (Å²) in [5, 5.41) is 2.70. The fourth-order valence-corrected chi connectivity index (χ4v) is 1.79. The first kappa shape index (κ1) is 17.0. The van der Waals surface area contributed by atoms with Crippen molar-refractivity contribution in [2.45, 2.75) is 26.8 Å². The van der Waals surface area contributed by atoms with Crippen molar-refractivity contribution in [1.82, 2.24) is 10.8 Å². The highest BCUT2D eigenvalue weighted by molar-refractivity contribution is 5.97. The molecule has 0 heterocycles. The average molecular weight is 294 g/mol. The van der Waals surface area contributed by atoms with Gasteiger partial charge in [0.25, 0.3) is 11.8 Å². The lowest BCUT2D eigenvalue weighted by molar-refractivity contribution is -0.134. The lowest BCUT2D eigenvalue weighted by Gasteiger charge is -2.21. The monoisotopic (exact) mass is 294 g/mol. The summed E-state index contributed by atoms with van der Waals surface area (Å²) in [6.07, 6.45) is 0. The van der Waals surface area contributed by atoms with Gasteiger partial charge in [0.15, 0.2) is 0 Å². The van der Waals surface area contributed by atoms with Crippen molar-refractivity contribution in [3.05, 3.63) is 29.8 Å². The second-order valence-electron chi connectivity index (χ2n) is 4.82. The summed E-state index contributed by atoms with van der Waals surface area (Å²) in [6.45, 7) is 6.15. The van der Waals surface area contributed by atoms with Crippen LogP contribution in [0.3, 0.4) is 0 Å². The average Bonchev–Trinajstić information content (AvgIpc) is 2.45. The molecule has 0 fully saturated rings. The summed E-state index contributed by atoms with van der Waals surface area (Å²) in [5.41, 5.74) is 2.70. The zero-order chi connectivity index (χ0) is 15.8. The Balaban J connectivity index is 2.75. The van der Waals surface area contributed by atoms with E-state index in [1.165, 1.54) is 7.11 Å². The molecule has 0 saturated heterocycles. The molecule has 6 heteroatoms. The molecule has 0 aliphatic heterocycles. The van der Waals surface area contributed by atoms with E-state index in [-0.39, 0.29) is 17.7 Å². The summed E-state index contributed by atoms with van der Waals surface area (Å²) in [4.78, 5) is 28.6. The minimum absolute atomic E-state index is 0.0632. The summed E-state index contributed by atoms with van der Waals surface area (Å²) in [5.74, 6) is -0.0619. The van der Waals surface area contributed by atoms with Crippen LogP contribution in [0.25, 0.3) is 0 Å². The molecule has 21 heavy (non-hydrogen) atoms. The predicted octanol–water partition coefficient (Wildman–Crippen LogP) is 1.52. The Labute approximate surface area is 124 Å². The molecule has 0 bridgehead atoms. The molecule has 116 valence electrons. The van der Waals surface area contributed by atoms with Gasteiger partial charge >= 0.3 is 0 Å². The molecule has 0 spiro atoms. The first-order valence-corrected chi connectivity index (χ1v) is 6.86. The molecule has 2 N–H and O–H groups in total. The van der Waals surface area contributed by atoms with Gasteiger partial charge in [0.1, 0.15) is 11.8 Å². The Morgan fingerprint density at radius 2 is 1.81 bits per heavy atom. The van der Waals surface area contributed by atoms with E-state index in [1.54, 1.807) is 24.3 Å². The van der Waals surface area contributed by atoms with Crippen molar-refractivity contribution in [3.8, 4) is 5.75 Å². The molecular formula is C15H22N2O4. The van der Waals surface area contributed by atoms with Crippen molar-refractivity contribution in [2.24, 2.45) is 5.92 Å². The van der Waals surface area contributed by atoms with Crippen LogP contribution in [-0.4, -0.2) is 31.6 Å². The number of carbonyl (C=O) groups excluding carboxylic acids is 2. The van der Waals surface area contributed by atoms with Crippen LogP contribution in [-0.2, 0) is 9.63 Å². The minimum atomic E-state index is -0.663. The maximum Gasteiger partial charge on any atom is 0.266 e. The lowest BCUT2D eigenvalue weighted by atomic mass is 10.0. The Morgan fingerprint density at radius 3 is 2.29 bits per heavy atom. The summed E-state index contributed by atoms with van der Waals surface area (Å²) in [6, 6.07) is 6.09. The van der Waals surface area contributed by atoms with Crippen LogP contribution in [0.15, 0.2) is 24.3 Å². The van der Waals surface area contributed by atoms with Crippen LogP contribution >= 0.6 is 0 Å². The van der Waals surface area contributed by atoms with Crippen molar-refractivity contribution < 1.29 is 19.2 Å². The third kappa shape index (κ3) is 5.07. The van der Waals surface area contributed by atoms with Gasteiger partial charge in [0.2, 0.25) is 0 Å². The topological polar surface area (TPSA) is 76.7 Å². The molecule has 0 aromatic heterocycles. The molecule has 1 aromatic rings. The van der Waals surface area contributed by atoms with Crippen molar-refractivity contribution >= 4 is 11.8 Å². The number of amides is 2. The van der Waals surface area contributed by atoms with Gasteiger partial charge in [-0.15, -0.1) is 0 Å². The number of rotatable bonds is 7. The molecule has 0 radical (unpaired) electrons. The molecule has 0 aliphatic carbocycles. The summed E-state index contributed by atoms with van der Waals surface area (Å²) in [7, 11) is 1.35. The minimum Gasteiger partial charge on any atom is -0.494 e. The summed E-state index contributed by atoms with van der Waals surface area (Å²) < 4.78 is 5.32. The third-order valence-electron chi connectivity index (χ3n) is 2.87. The second kappa shape index (κ2) is 8.26. The fourth-order valence-electron chi connectivity index (χ4n) is 1.79. The van der Waals surface area contributed by atoms with Crippen molar-refractivity contribution in [2.75, 3.05) is 13.7 Å². The number of nitrogens with one attached hydrogen (secondary N) is 2. The quantitative estimate of drug-likeness (QED) is 0.748. The van der Waals surface area contributed by atoms with E-state index in [0.717, 1.165) is 0 Å². The molecule has 1 aromatic carbocycles. The molecule has 2 amide bonds. The molecule has 0 unspecified atom stereocenters. The predicted molar refractivity (Wildman–Crippen MR) is 78.9 cm³/mol. The highest BCUT2D eigenvalue weighted by Crippen LogP contribution is 2.12. The van der Waals surface area contributed by atoms with Crippen LogP contribution < -0.4 is 15.5 Å². The van der Waals surface area contributed by atoms with E-state index in [2.05, 4.69) is 15.6 Å². The van der Waals surface area contributed by atoms with Crippen molar-refractivity contribution in [1.29, 1.82) is 0 Å². The number of carbonyl (C=O) groups is 2. The number of hydrogen-bond acceptors (Lipinski definition) is 4. The maximum atomic E-state index is 12.2. The van der Waals surface area contributed by atoms with Gasteiger partial charge in [-0.1, -0.05) is 13.8 Å². The highest BCUT2D eigenvalue weighted by atomic mass is 16.6. The normalized spacial score (nSPS) is 11.9. The van der Waals surface area contributed by atoms with E-state index in [0.29, 0.717) is 17.9 Å². The number of benzene rings is 1. The van der Waals surface area contributed by atoms with Gasteiger partial charge in [0, 0.05) is 5.56 Å². The van der Waals surface area contributed by atoms with E-state index >= 15 is 0 Å². The summed E-state index contributed by atoms with van der Waals surface area (Å²) >= 11 is 0. The zero-order valence-corrected chi connectivity index (χ0v) is 12.8. The number of hydroxylamine groups is 1. The smallest absolute Gasteiger partial charge is 0.266 e. The maximum absolute atomic E-state index is 12.2. The van der Waals surface area contributed by atoms with Crippen LogP contribution in [0.4, 0.5) is 0 Å². The van der Waals surface area contributed by atoms with Gasteiger partial charge in [-0.3, -0.25) is 14.4 Å². The van der Waals surface area contributed by atoms with Gasteiger partial charge in [-0.25, -0.2) is 5.48 Å². The Hall–Kier alpha value is -2.08. The van der Waals surface area contributed by atoms with Gasteiger partial charge in [0.05, 0.1) is 13.7 Å². The SMILES string of the molecule is CCOc1ccc(C(=O)N[C@@H](C(=O)NOC)C(C)C)cc1. The Morgan fingerprint density at radius 1 is 1.19 bits per heavy atom. The number of hydrogen-bond donors (Lipinski definition) is 2. The van der Waals surface area contributed by atoms with E-state index in [4.69, 9.17) is 4.74 Å². The fraction of sp³-hybridized carbons (Fsp3) is 0.467. The molecule has 1 rings (SSSR count). The Bertz CT molecular complexity index is 471.